The Hall–Kier alpha value is -1.75. The van der Waals surface area contributed by atoms with Crippen molar-refractivity contribution in [2.45, 2.75) is 33.1 Å². The molecule has 0 heterocycles. The lowest BCUT2D eigenvalue weighted by atomic mass is 10.2. The van der Waals surface area contributed by atoms with Gasteiger partial charge in [0.05, 0.1) is 0 Å². The topological polar surface area (TPSA) is 48.9 Å². The smallest absolute Gasteiger partial charge is 0.191 e. The quantitative estimate of drug-likeness (QED) is 0.351. The second kappa shape index (κ2) is 13.7. The highest BCUT2D eigenvalue weighted by atomic mass is 16.5. The van der Waals surface area contributed by atoms with Gasteiger partial charge in [0, 0.05) is 52.1 Å². The maximum absolute atomic E-state index is 5.33. The molecular weight excluding hydrogens is 300 g/mol. The summed E-state index contributed by atoms with van der Waals surface area (Å²) >= 11 is 0. The van der Waals surface area contributed by atoms with E-state index < -0.39 is 0 Å². The SMILES string of the molecule is CCNC(=NCCCOCC)NCCCCN(C)c1ccccc1. The number of hydrogen-bond donors (Lipinski definition) is 2. The number of nitrogens with one attached hydrogen (secondary N) is 2. The van der Waals surface area contributed by atoms with Crippen LogP contribution in [-0.2, 0) is 4.74 Å². The van der Waals surface area contributed by atoms with E-state index in [-0.39, 0.29) is 0 Å². The molecule has 0 atom stereocenters. The van der Waals surface area contributed by atoms with E-state index in [4.69, 9.17) is 4.74 Å². The summed E-state index contributed by atoms with van der Waals surface area (Å²) < 4.78 is 5.33. The molecule has 24 heavy (non-hydrogen) atoms. The Morgan fingerprint density at radius 2 is 1.88 bits per heavy atom. The first-order valence-corrected chi connectivity index (χ1v) is 9.14. The van der Waals surface area contributed by atoms with Crippen LogP contribution in [0.3, 0.4) is 0 Å². The second-order valence-corrected chi connectivity index (χ2v) is 5.70. The van der Waals surface area contributed by atoms with Gasteiger partial charge < -0.3 is 20.3 Å². The van der Waals surface area contributed by atoms with Crippen LogP contribution in [0.4, 0.5) is 5.69 Å². The van der Waals surface area contributed by atoms with E-state index in [1.54, 1.807) is 0 Å². The van der Waals surface area contributed by atoms with Crippen LogP contribution in [0.1, 0.15) is 33.1 Å². The van der Waals surface area contributed by atoms with Crippen molar-refractivity contribution in [3.8, 4) is 0 Å². The molecule has 0 aromatic heterocycles. The molecule has 0 aliphatic carbocycles. The minimum Gasteiger partial charge on any atom is -0.382 e. The number of nitrogens with zero attached hydrogens (tertiary/aromatic N) is 2. The van der Waals surface area contributed by atoms with Crippen molar-refractivity contribution in [2.75, 3.05) is 51.3 Å². The van der Waals surface area contributed by atoms with Gasteiger partial charge in [-0.15, -0.1) is 0 Å². The van der Waals surface area contributed by atoms with Crippen LogP contribution in [0, 0.1) is 0 Å². The number of benzene rings is 1. The minimum absolute atomic E-state index is 0.777. The van der Waals surface area contributed by atoms with E-state index in [1.807, 2.05) is 6.92 Å². The van der Waals surface area contributed by atoms with Crippen LogP contribution in [-0.4, -0.2) is 52.4 Å². The number of unbranched alkanes of at least 4 members (excludes halogenated alkanes) is 1. The maximum Gasteiger partial charge on any atom is 0.191 e. The summed E-state index contributed by atoms with van der Waals surface area (Å²) in [6.07, 6.45) is 3.24. The fourth-order valence-electron chi connectivity index (χ4n) is 2.34. The Morgan fingerprint density at radius 1 is 1.08 bits per heavy atom. The summed E-state index contributed by atoms with van der Waals surface area (Å²) in [5.74, 6) is 0.908. The Balaban J connectivity index is 2.17. The summed E-state index contributed by atoms with van der Waals surface area (Å²) in [4.78, 5) is 6.87. The molecular formula is C19H34N4O. The van der Waals surface area contributed by atoms with Gasteiger partial charge in [-0.1, -0.05) is 18.2 Å². The zero-order chi connectivity index (χ0) is 17.5. The van der Waals surface area contributed by atoms with Gasteiger partial charge >= 0.3 is 0 Å². The maximum atomic E-state index is 5.33. The van der Waals surface area contributed by atoms with Crippen LogP contribution < -0.4 is 15.5 Å². The lowest BCUT2D eigenvalue weighted by Crippen LogP contribution is -2.38. The molecule has 0 saturated carbocycles. The van der Waals surface area contributed by atoms with E-state index in [0.717, 1.165) is 64.6 Å². The Kier molecular flexibility index (Phi) is 11.6. The predicted molar refractivity (Wildman–Crippen MR) is 104 cm³/mol. The highest BCUT2D eigenvalue weighted by Gasteiger charge is 2.00. The Labute approximate surface area is 147 Å². The first kappa shape index (κ1) is 20.3. The lowest BCUT2D eigenvalue weighted by Gasteiger charge is -2.19. The number of anilines is 1. The third kappa shape index (κ3) is 9.40. The van der Waals surface area contributed by atoms with Gasteiger partial charge in [-0.2, -0.15) is 0 Å². The Bertz CT molecular complexity index is 436. The number of rotatable bonds is 12. The molecule has 1 aromatic carbocycles. The molecule has 0 bridgehead atoms. The third-order valence-corrected chi connectivity index (χ3v) is 3.67. The Morgan fingerprint density at radius 3 is 2.58 bits per heavy atom. The van der Waals surface area contributed by atoms with Gasteiger partial charge in [-0.3, -0.25) is 4.99 Å². The molecule has 5 nitrogen and oxygen atoms in total. The van der Waals surface area contributed by atoms with Gasteiger partial charge in [0.1, 0.15) is 0 Å². The van der Waals surface area contributed by atoms with Crippen molar-refractivity contribution in [3.63, 3.8) is 0 Å². The summed E-state index contributed by atoms with van der Waals surface area (Å²) in [6, 6.07) is 10.5. The molecule has 1 rings (SSSR count). The molecule has 0 unspecified atom stereocenters. The molecule has 0 radical (unpaired) electrons. The fraction of sp³-hybridized carbons (Fsp3) is 0.632. The standard InChI is InChI=1S/C19H34N4O/c1-4-20-19(22-15-11-17-24-5-2)21-14-9-10-16-23(3)18-12-7-6-8-13-18/h6-8,12-13H,4-5,9-11,14-17H2,1-3H3,(H2,20,21,22). The second-order valence-electron chi connectivity index (χ2n) is 5.70. The van der Waals surface area contributed by atoms with Gasteiger partial charge in [-0.25, -0.2) is 0 Å². The van der Waals surface area contributed by atoms with Crippen LogP contribution in [0.5, 0.6) is 0 Å². The summed E-state index contributed by atoms with van der Waals surface area (Å²) in [5, 5.41) is 6.69. The molecule has 2 N–H and O–H groups in total. The monoisotopic (exact) mass is 334 g/mol. The number of guanidine groups is 1. The van der Waals surface area contributed by atoms with Crippen LogP contribution in [0.2, 0.25) is 0 Å². The predicted octanol–water partition coefficient (Wildman–Crippen LogP) is 2.88. The number of para-hydroxylation sites is 1. The minimum atomic E-state index is 0.777. The third-order valence-electron chi connectivity index (χ3n) is 3.67. The first-order chi connectivity index (χ1) is 11.8. The van der Waals surface area contributed by atoms with Crippen LogP contribution >= 0.6 is 0 Å². The molecule has 1 aromatic rings. The number of hydrogen-bond acceptors (Lipinski definition) is 3. The lowest BCUT2D eigenvalue weighted by molar-refractivity contribution is 0.146. The number of ether oxygens (including phenoxy) is 1. The zero-order valence-electron chi connectivity index (χ0n) is 15.6. The van der Waals surface area contributed by atoms with E-state index in [0.29, 0.717) is 0 Å². The van der Waals surface area contributed by atoms with Gasteiger partial charge in [0.15, 0.2) is 5.96 Å². The van der Waals surface area contributed by atoms with Gasteiger partial charge in [0.2, 0.25) is 0 Å². The molecule has 0 saturated heterocycles. The highest BCUT2D eigenvalue weighted by molar-refractivity contribution is 5.79. The van der Waals surface area contributed by atoms with Crippen molar-refractivity contribution in [1.82, 2.24) is 10.6 Å². The first-order valence-electron chi connectivity index (χ1n) is 9.14. The summed E-state index contributed by atoms with van der Waals surface area (Å²) in [7, 11) is 2.15. The van der Waals surface area contributed by atoms with Crippen LogP contribution in [0.15, 0.2) is 35.3 Å². The summed E-state index contributed by atoms with van der Waals surface area (Å²) in [5.41, 5.74) is 1.27. The van der Waals surface area contributed by atoms with Gasteiger partial charge in [0.25, 0.3) is 0 Å². The highest BCUT2D eigenvalue weighted by Crippen LogP contribution is 2.11. The molecule has 0 aliphatic heterocycles. The average molecular weight is 335 g/mol. The normalized spacial score (nSPS) is 11.4. The molecule has 0 aliphatic rings. The number of aliphatic imine (C=N–C) groups is 1. The van der Waals surface area contributed by atoms with E-state index in [9.17, 15) is 0 Å². The van der Waals surface area contributed by atoms with Crippen molar-refractivity contribution < 1.29 is 4.74 Å². The zero-order valence-corrected chi connectivity index (χ0v) is 15.6. The molecule has 0 spiro atoms. The van der Waals surface area contributed by atoms with Crippen LogP contribution in [0.25, 0.3) is 0 Å². The van der Waals surface area contributed by atoms with Crippen molar-refractivity contribution in [2.24, 2.45) is 4.99 Å². The fourth-order valence-corrected chi connectivity index (χ4v) is 2.34. The van der Waals surface area contributed by atoms with Gasteiger partial charge in [-0.05, 0) is 45.2 Å². The van der Waals surface area contributed by atoms with E-state index in [2.05, 4.69) is 64.8 Å². The van der Waals surface area contributed by atoms with E-state index >= 15 is 0 Å². The summed E-state index contributed by atoms with van der Waals surface area (Å²) in [6.45, 7) is 9.36. The average Bonchev–Trinajstić information content (AvgIpc) is 2.61. The van der Waals surface area contributed by atoms with Crippen molar-refractivity contribution >= 4 is 11.6 Å². The largest absolute Gasteiger partial charge is 0.382 e. The van der Waals surface area contributed by atoms with E-state index in [1.165, 1.54) is 5.69 Å². The molecule has 5 heteroatoms. The van der Waals surface area contributed by atoms with Crippen molar-refractivity contribution in [3.05, 3.63) is 30.3 Å². The van der Waals surface area contributed by atoms with Crippen molar-refractivity contribution in [1.29, 1.82) is 0 Å². The molecule has 0 amide bonds. The molecule has 0 fully saturated rings. The molecule has 136 valence electrons.